The molecular weight excluding hydrogens is 310 g/mol. The third kappa shape index (κ3) is 3.82. The fraction of sp³-hybridized carbons (Fsp3) is 0.467. The smallest absolute Gasteiger partial charge is 0.338 e. The number of fused-ring (bicyclic) bond motifs is 1. The van der Waals surface area contributed by atoms with Crippen molar-refractivity contribution in [1.82, 2.24) is 5.32 Å². The fourth-order valence-electron chi connectivity index (χ4n) is 1.76. The second-order valence-electron chi connectivity index (χ2n) is 5.37. The molecule has 0 saturated carbocycles. The third-order valence-corrected chi connectivity index (χ3v) is 3.67. The summed E-state index contributed by atoms with van der Waals surface area (Å²) in [6.45, 7) is 5.59. The largest absolute Gasteiger partial charge is 0.454 e. The molecule has 6 nitrogen and oxygen atoms in total. The number of carbonyl (C=O) groups is 2. The SMILES string of the molecule is CC(C)[C@@H](C)NC(=O)COC(=O)c1cc(Cl)c2c(c1)OCO2. The van der Waals surface area contributed by atoms with Crippen molar-refractivity contribution in [1.29, 1.82) is 0 Å². The molecular formula is C15H18ClNO5. The van der Waals surface area contributed by atoms with Crippen molar-refractivity contribution in [3.63, 3.8) is 0 Å². The van der Waals surface area contributed by atoms with E-state index in [2.05, 4.69) is 5.32 Å². The normalized spacial score (nSPS) is 13.9. The average molecular weight is 328 g/mol. The topological polar surface area (TPSA) is 73.9 Å². The monoisotopic (exact) mass is 327 g/mol. The molecule has 0 aromatic heterocycles. The summed E-state index contributed by atoms with van der Waals surface area (Å²) in [6.07, 6.45) is 0. The summed E-state index contributed by atoms with van der Waals surface area (Å²) >= 11 is 5.99. The van der Waals surface area contributed by atoms with Crippen molar-refractivity contribution < 1.29 is 23.8 Å². The highest BCUT2D eigenvalue weighted by molar-refractivity contribution is 6.32. The average Bonchev–Trinajstić information content (AvgIpc) is 2.93. The number of benzene rings is 1. The van der Waals surface area contributed by atoms with Gasteiger partial charge in [0, 0.05) is 6.04 Å². The maximum Gasteiger partial charge on any atom is 0.338 e. The van der Waals surface area contributed by atoms with Gasteiger partial charge in [0.05, 0.1) is 10.6 Å². The van der Waals surface area contributed by atoms with E-state index in [1.54, 1.807) is 0 Å². The van der Waals surface area contributed by atoms with Gasteiger partial charge in [-0.25, -0.2) is 4.79 Å². The molecule has 1 aliphatic heterocycles. The lowest BCUT2D eigenvalue weighted by atomic mass is 10.1. The minimum absolute atomic E-state index is 0.00573. The maximum absolute atomic E-state index is 12.0. The van der Waals surface area contributed by atoms with Crippen molar-refractivity contribution in [3.8, 4) is 11.5 Å². The van der Waals surface area contributed by atoms with Crippen LogP contribution in [0.5, 0.6) is 11.5 Å². The Hall–Kier alpha value is -1.95. The van der Waals surface area contributed by atoms with Crippen LogP contribution in [0.25, 0.3) is 0 Å². The molecule has 0 aliphatic carbocycles. The number of amides is 1. The van der Waals surface area contributed by atoms with E-state index in [0.717, 1.165) is 0 Å². The van der Waals surface area contributed by atoms with E-state index >= 15 is 0 Å². The molecule has 1 amide bonds. The first-order valence-electron chi connectivity index (χ1n) is 6.94. The Morgan fingerprint density at radius 3 is 2.73 bits per heavy atom. The predicted octanol–water partition coefficient (Wildman–Crippen LogP) is 2.39. The lowest BCUT2D eigenvalue weighted by Gasteiger charge is -2.17. The molecule has 0 unspecified atom stereocenters. The number of nitrogens with one attached hydrogen (secondary N) is 1. The van der Waals surface area contributed by atoms with E-state index in [-0.39, 0.29) is 35.9 Å². The van der Waals surface area contributed by atoms with Crippen molar-refractivity contribution in [2.75, 3.05) is 13.4 Å². The molecule has 1 aromatic rings. The van der Waals surface area contributed by atoms with Crippen LogP contribution in [0.3, 0.4) is 0 Å². The highest BCUT2D eigenvalue weighted by Gasteiger charge is 2.22. The highest BCUT2D eigenvalue weighted by Crippen LogP contribution is 2.39. The number of halogens is 1. The Bertz CT molecular complexity index is 588. The standard InChI is InChI=1S/C15H18ClNO5/c1-8(2)9(3)17-13(18)6-20-15(19)10-4-11(16)14-12(5-10)21-7-22-14/h4-5,8-9H,6-7H2,1-3H3,(H,17,18)/t9-/m1/s1. The van der Waals surface area contributed by atoms with Crippen molar-refractivity contribution >= 4 is 23.5 Å². The van der Waals surface area contributed by atoms with E-state index in [9.17, 15) is 9.59 Å². The van der Waals surface area contributed by atoms with Gasteiger partial charge in [-0.2, -0.15) is 0 Å². The molecule has 1 N–H and O–H groups in total. The molecule has 0 radical (unpaired) electrons. The van der Waals surface area contributed by atoms with Crippen LogP contribution in [-0.4, -0.2) is 31.3 Å². The molecule has 0 saturated heterocycles. The molecule has 1 aromatic carbocycles. The van der Waals surface area contributed by atoms with Gasteiger partial charge in [-0.05, 0) is 25.0 Å². The highest BCUT2D eigenvalue weighted by atomic mass is 35.5. The van der Waals surface area contributed by atoms with E-state index in [0.29, 0.717) is 17.4 Å². The Balaban J connectivity index is 1.93. The Morgan fingerprint density at radius 1 is 1.32 bits per heavy atom. The molecule has 0 bridgehead atoms. The van der Waals surface area contributed by atoms with Gasteiger partial charge < -0.3 is 19.5 Å². The van der Waals surface area contributed by atoms with Crippen LogP contribution in [0, 0.1) is 5.92 Å². The molecule has 120 valence electrons. The number of carbonyl (C=O) groups excluding carboxylic acids is 2. The van der Waals surface area contributed by atoms with Crippen molar-refractivity contribution in [2.24, 2.45) is 5.92 Å². The first-order chi connectivity index (χ1) is 10.4. The summed E-state index contributed by atoms with van der Waals surface area (Å²) in [4.78, 5) is 23.7. The fourth-order valence-corrected chi connectivity index (χ4v) is 2.03. The minimum atomic E-state index is -0.646. The van der Waals surface area contributed by atoms with Gasteiger partial charge in [-0.3, -0.25) is 4.79 Å². The molecule has 1 atom stereocenters. The van der Waals surface area contributed by atoms with E-state index < -0.39 is 5.97 Å². The van der Waals surface area contributed by atoms with Gasteiger partial charge in [-0.15, -0.1) is 0 Å². The summed E-state index contributed by atoms with van der Waals surface area (Å²) in [6, 6.07) is 2.91. The second kappa shape index (κ2) is 6.87. The Labute approximate surface area is 133 Å². The number of rotatable bonds is 5. The van der Waals surface area contributed by atoms with Gasteiger partial charge in [0.25, 0.3) is 5.91 Å². The van der Waals surface area contributed by atoms with Crippen LogP contribution in [0.4, 0.5) is 0 Å². The summed E-state index contributed by atoms with van der Waals surface area (Å²) < 4.78 is 15.3. The predicted molar refractivity (Wildman–Crippen MR) is 80.3 cm³/mol. The van der Waals surface area contributed by atoms with Gasteiger partial charge in [0.1, 0.15) is 0 Å². The first kappa shape index (κ1) is 16.4. The van der Waals surface area contributed by atoms with Crippen LogP contribution in [0.1, 0.15) is 31.1 Å². The minimum Gasteiger partial charge on any atom is -0.454 e. The molecule has 7 heteroatoms. The Kier molecular flexibility index (Phi) is 5.13. The number of hydrogen-bond donors (Lipinski definition) is 1. The summed E-state index contributed by atoms with van der Waals surface area (Å²) in [5.74, 6) is 0.0975. The summed E-state index contributed by atoms with van der Waals surface area (Å²) in [7, 11) is 0. The number of hydrogen-bond acceptors (Lipinski definition) is 5. The first-order valence-corrected chi connectivity index (χ1v) is 7.32. The zero-order valence-electron chi connectivity index (χ0n) is 12.6. The van der Waals surface area contributed by atoms with Gasteiger partial charge >= 0.3 is 5.97 Å². The summed E-state index contributed by atoms with van der Waals surface area (Å²) in [5, 5.41) is 3.02. The second-order valence-corrected chi connectivity index (χ2v) is 5.78. The lowest BCUT2D eigenvalue weighted by molar-refractivity contribution is -0.125. The van der Waals surface area contributed by atoms with E-state index in [1.165, 1.54) is 12.1 Å². The zero-order valence-corrected chi connectivity index (χ0v) is 13.4. The quantitative estimate of drug-likeness (QED) is 0.840. The van der Waals surface area contributed by atoms with Crippen LogP contribution in [-0.2, 0) is 9.53 Å². The zero-order chi connectivity index (χ0) is 16.3. The van der Waals surface area contributed by atoms with Crippen molar-refractivity contribution in [3.05, 3.63) is 22.7 Å². The van der Waals surface area contributed by atoms with E-state index in [1.807, 2.05) is 20.8 Å². The van der Waals surface area contributed by atoms with Gasteiger partial charge in [-0.1, -0.05) is 25.4 Å². The van der Waals surface area contributed by atoms with Crippen LogP contribution >= 0.6 is 11.6 Å². The van der Waals surface area contributed by atoms with Crippen molar-refractivity contribution in [2.45, 2.75) is 26.8 Å². The third-order valence-electron chi connectivity index (χ3n) is 3.39. The molecule has 1 aliphatic rings. The molecule has 0 spiro atoms. The van der Waals surface area contributed by atoms with Gasteiger partial charge in [0.15, 0.2) is 18.1 Å². The van der Waals surface area contributed by atoms with Crippen LogP contribution in [0.2, 0.25) is 5.02 Å². The Morgan fingerprint density at radius 2 is 2.05 bits per heavy atom. The van der Waals surface area contributed by atoms with Crippen LogP contribution < -0.4 is 14.8 Å². The molecule has 22 heavy (non-hydrogen) atoms. The lowest BCUT2D eigenvalue weighted by Crippen LogP contribution is -2.38. The van der Waals surface area contributed by atoms with Gasteiger partial charge in [0.2, 0.25) is 6.79 Å². The number of ether oxygens (including phenoxy) is 3. The van der Waals surface area contributed by atoms with E-state index in [4.69, 9.17) is 25.8 Å². The molecule has 0 fully saturated rings. The molecule has 1 heterocycles. The number of esters is 1. The van der Waals surface area contributed by atoms with Crippen LogP contribution in [0.15, 0.2) is 12.1 Å². The molecule has 2 rings (SSSR count). The maximum atomic E-state index is 12.0. The summed E-state index contributed by atoms with van der Waals surface area (Å²) in [5.41, 5.74) is 0.207.